The molecular formula is C19H17F3OS2. The summed E-state index contributed by atoms with van der Waals surface area (Å²) in [6.07, 6.45) is -2.68. The zero-order valence-electron chi connectivity index (χ0n) is 13.4. The molecule has 1 aliphatic rings. The smallest absolute Gasteiger partial charge is 0.294 e. The second-order valence-corrected chi connectivity index (χ2v) is 8.10. The molecule has 25 heavy (non-hydrogen) atoms. The van der Waals surface area contributed by atoms with Crippen LogP contribution in [0.2, 0.25) is 0 Å². The lowest BCUT2D eigenvalue weighted by molar-refractivity contribution is -0.137. The molecule has 0 saturated carbocycles. The molecule has 0 saturated heterocycles. The molecule has 0 aromatic heterocycles. The lowest BCUT2D eigenvalue weighted by Gasteiger charge is -2.15. The van der Waals surface area contributed by atoms with Crippen LogP contribution >= 0.6 is 23.5 Å². The number of fused-ring (bicyclic) bond motifs is 1. The Morgan fingerprint density at radius 3 is 2.32 bits per heavy atom. The summed E-state index contributed by atoms with van der Waals surface area (Å²) in [5.41, 5.74) is 0.899. The monoisotopic (exact) mass is 382 g/mol. The largest absolute Gasteiger partial charge is 0.416 e. The third kappa shape index (κ3) is 4.82. The molecule has 0 aliphatic carbocycles. The Kier molecular flexibility index (Phi) is 5.79. The lowest BCUT2D eigenvalue weighted by Crippen LogP contribution is -2.05. The van der Waals surface area contributed by atoms with E-state index in [4.69, 9.17) is 0 Å². The van der Waals surface area contributed by atoms with E-state index < -0.39 is 11.7 Å². The molecule has 1 aliphatic heterocycles. The van der Waals surface area contributed by atoms with Gasteiger partial charge in [-0.05, 0) is 42.7 Å². The Hall–Kier alpha value is -1.40. The van der Waals surface area contributed by atoms with E-state index in [0.717, 1.165) is 34.8 Å². The standard InChI is InChI=1S/C19H17F3OS2/c20-19(21,22)15-7-4-13(5-8-15)2-1-3-16(23)14-6-9-17-18(12-14)25-11-10-24-17/h4-9,12H,1-3,10-11H2. The number of thioether (sulfide) groups is 2. The van der Waals surface area contributed by atoms with Crippen molar-refractivity contribution in [3.8, 4) is 0 Å². The van der Waals surface area contributed by atoms with Gasteiger partial charge in [-0.25, -0.2) is 0 Å². The molecule has 2 aromatic carbocycles. The Balaban J connectivity index is 1.54. The first kappa shape index (κ1) is 18.4. The zero-order chi connectivity index (χ0) is 17.9. The van der Waals surface area contributed by atoms with Gasteiger partial charge in [0.15, 0.2) is 5.78 Å². The highest BCUT2D eigenvalue weighted by Crippen LogP contribution is 2.37. The fourth-order valence-corrected chi connectivity index (χ4v) is 4.92. The lowest BCUT2D eigenvalue weighted by atomic mass is 10.0. The molecular weight excluding hydrogens is 365 g/mol. The van der Waals surface area contributed by atoms with E-state index in [-0.39, 0.29) is 5.78 Å². The maximum absolute atomic E-state index is 12.5. The number of rotatable bonds is 5. The van der Waals surface area contributed by atoms with E-state index in [0.29, 0.717) is 19.3 Å². The molecule has 0 amide bonds. The minimum Gasteiger partial charge on any atom is -0.294 e. The summed E-state index contributed by atoms with van der Waals surface area (Å²) in [7, 11) is 0. The van der Waals surface area contributed by atoms with Crippen molar-refractivity contribution in [2.24, 2.45) is 0 Å². The summed E-state index contributed by atoms with van der Waals surface area (Å²) in [5, 5.41) is 0. The van der Waals surface area contributed by atoms with E-state index in [1.54, 1.807) is 11.8 Å². The van der Waals surface area contributed by atoms with Gasteiger partial charge < -0.3 is 0 Å². The SMILES string of the molecule is O=C(CCCc1ccc(C(F)(F)F)cc1)c1ccc2c(c1)SCCS2. The van der Waals surface area contributed by atoms with Gasteiger partial charge in [0, 0.05) is 33.3 Å². The van der Waals surface area contributed by atoms with Crippen molar-refractivity contribution in [2.45, 2.75) is 35.2 Å². The molecule has 1 nitrogen and oxygen atoms in total. The van der Waals surface area contributed by atoms with E-state index in [1.807, 2.05) is 30.0 Å². The predicted molar refractivity (Wildman–Crippen MR) is 96.6 cm³/mol. The third-order valence-electron chi connectivity index (χ3n) is 4.01. The fraction of sp³-hybridized carbons (Fsp3) is 0.316. The first-order valence-corrected chi connectivity index (χ1v) is 9.99. The summed E-state index contributed by atoms with van der Waals surface area (Å²) in [6, 6.07) is 11.0. The van der Waals surface area contributed by atoms with Gasteiger partial charge >= 0.3 is 6.18 Å². The van der Waals surface area contributed by atoms with Gasteiger partial charge in [0.05, 0.1) is 5.56 Å². The average Bonchev–Trinajstić information content (AvgIpc) is 2.61. The number of ketones is 1. The molecule has 0 spiro atoms. The Morgan fingerprint density at radius 2 is 1.64 bits per heavy atom. The molecule has 0 N–H and O–H groups in total. The van der Waals surface area contributed by atoms with Gasteiger partial charge in [-0.15, -0.1) is 23.5 Å². The summed E-state index contributed by atoms with van der Waals surface area (Å²) in [5.74, 6) is 2.24. The van der Waals surface area contributed by atoms with Crippen LogP contribution in [-0.2, 0) is 12.6 Å². The predicted octanol–water partition coefficient (Wildman–Crippen LogP) is 6.11. The summed E-state index contributed by atoms with van der Waals surface area (Å²) < 4.78 is 37.6. The maximum Gasteiger partial charge on any atom is 0.416 e. The number of carbonyl (C=O) groups is 1. The van der Waals surface area contributed by atoms with Gasteiger partial charge in [0.2, 0.25) is 0 Å². The number of halogens is 3. The van der Waals surface area contributed by atoms with Crippen molar-refractivity contribution in [1.29, 1.82) is 0 Å². The Bertz CT molecular complexity index is 754. The van der Waals surface area contributed by atoms with Crippen molar-refractivity contribution < 1.29 is 18.0 Å². The van der Waals surface area contributed by atoms with E-state index in [9.17, 15) is 18.0 Å². The highest BCUT2D eigenvalue weighted by atomic mass is 32.2. The van der Waals surface area contributed by atoms with Gasteiger partial charge in [-0.3, -0.25) is 4.79 Å². The van der Waals surface area contributed by atoms with Crippen LogP contribution in [0.3, 0.4) is 0 Å². The van der Waals surface area contributed by atoms with E-state index in [2.05, 4.69) is 0 Å². The number of alkyl halides is 3. The molecule has 0 unspecified atom stereocenters. The molecule has 0 radical (unpaired) electrons. The van der Waals surface area contributed by atoms with E-state index >= 15 is 0 Å². The molecule has 6 heteroatoms. The zero-order valence-corrected chi connectivity index (χ0v) is 15.1. The number of Topliss-reactive ketones (excluding diaryl/α,β-unsaturated/α-hetero) is 1. The molecule has 2 aromatic rings. The third-order valence-corrected chi connectivity index (χ3v) is 6.53. The van der Waals surface area contributed by atoms with Crippen molar-refractivity contribution in [2.75, 3.05) is 11.5 Å². The Morgan fingerprint density at radius 1 is 0.960 bits per heavy atom. The molecule has 1 heterocycles. The van der Waals surface area contributed by atoms with Crippen LogP contribution in [0.25, 0.3) is 0 Å². The quantitative estimate of drug-likeness (QED) is 0.581. The van der Waals surface area contributed by atoms with Crippen LogP contribution in [0.15, 0.2) is 52.3 Å². The minimum absolute atomic E-state index is 0.0888. The van der Waals surface area contributed by atoms with Crippen LogP contribution in [0.1, 0.15) is 34.3 Å². The van der Waals surface area contributed by atoms with Gasteiger partial charge in [-0.2, -0.15) is 13.2 Å². The minimum atomic E-state index is -4.31. The van der Waals surface area contributed by atoms with Gasteiger partial charge in [0.25, 0.3) is 0 Å². The molecule has 0 atom stereocenters. The fourth-order valence-electron chi connectivity index (χ4n) is 2.67. The highest BCUT2D eigenvalue weighted by molar-refractivity contribution is 8.05. The summed E-state index contributed by atoms with van der Waals surface area (Å²) >= 11 is 3.59. The second kappa shape index (κ2) is 7.87. The topological polar surface area (TPSA) is 17.1 Å². The summed E-state index contributed by atoms with van der Waals surface area (Å²) in [6.45, 7) is 0. The molecule has 0 fully saturated rings. The second-order valence-electron chi connectivity index (χ2n) is 5.83. The average molecular weight is 382 g/mol. The number of benzene rings is 2. The summed E-state index contributed by atoms with van der Waals surface area (Å²) in [4.78, 5) is 14.7. The molecule has 0 bridgehead atoms. The molecule has 132 valence electrons. The van der Waals surface area contributed by atoms with Crippen molar-refractivity contribution >= 4 is 29.3 Å². The van der Waals surface area contributed by atoms with Crippen molar-refractivity contribution in [3.05, 3.63) is 59.2 Å². The first-order chi connectivity index (χ1) is 11.9. The number of hydrogen-bond donors (Lipinski definition) is 0. The first-order valence-electron chi connectivity index (χ1n) is 8.02. The number of carbonyl (C=O) groups excluding carboxylic acids is 1. The van der Waals surface area contributed by atoms with Crippen LogP contribution < -0.4 is 0 Å². The van der Waals surface area contributed by atoms with Crippen LogP contribution in [-0.4, -0.2) is 17.3 Å². The van der Waals surface area contributed by atoms with Crippen LogP contribution in [0, 0.1) is 0 Å². The van der Waals surface area contributed by atoms with Gasteiger partial charge in [0.1, 0.15) is 0 Å². The van der Waals surface area contributed by atoms with Crippen molar-refractivity contribution in [3.63, 3.8) is 0 Å². The number of hydrogen-bond acceptors (Lipinski definition) is 3. The Labute approximate surface area is 153 Å². The molecule has 3 rings (SSSR count). The van der Waals surface area contributed by atoms with Crippen molar-refractivity contribution in [1.82, 2.24) is 0 Å². The van der Waals surface area contributed by atoms with Crippen LogP contribution in [0.4, 0.5) is 13.2 Å². The van der Waals surface area contributed by atoms with E-state index in [1.165, 1.54) is 21.9 Å². The maximum atomic E-state index is 12.5. The normalized spacial score (nSPS) is 14.2. The highest BCUT2D eigenvalue weighted by Gasteiger charge is 2.29. The number of aryl methyl sites for hydroxylation is 1. The van der Waals surface area contributed by atoms with Gasteiger partial charge in [-0.1, -0.05) is 18.2 Å². The van der Waals surface area contributed by atoms with Crippen LogP contribution in [0.5, 0.6) is 0 Å².